The van der Waals surface area contributed by atoms with Crippen LogP contribution in [-0.4, -0.2) is 50.6 Å². The van der Waals surface area contributed by atoms with Crippen molar-refractivity contribution >= 4 is 79.3 Å². The molecule has 4 amide bonds. The fraction of sp³-hybridized carbons (Fsp3) is 0.250. The lowest BCUT2D eigenvalue weighted by Gasteiger charge is -2.49. The van der Waals surface area contributed by atoms with Gasteiger partial charge in [-0.25, -0.2) is 9.88 Å². The third kappa shape index (κ3) is 5.30. The number of phenols is 1. The number of anilines is 2. The molecule has 310 valence electrons. The molecule has 12 nitrogen and oxygen atoms in total. The van der Waals surface area contributed by atoms with E-state index in [2.05, 4.69) is 4.98 Å². The SMILES string of the molecule is COc1cccc([C@H]2C3=CC[C@@H]4C(=O)N(c5ccc(-c6nc7ccccc7o6)cc5)C(=O)[C@@H]4[C@@H]3C[C@H]3C(=O)N(c4cc(-c5sc6ccc(Cl)cc6c5C)nn4C)C(=O)[C@@]23C)c1O. The average Bonchev–Trinajstić information content (AvgIpc) is 4.05. The Balaban J connectivity index is 0.977. The first-order valence-electron chi connectivity index (χ1n) is 20.4. The highest BCUT2D eigenvalue weighted by atomic mass is 35.5. The molecule has 0 unspecified atom stereocenters. The molecule has 11 rings (SSSR count). The van der Waals surface area contributed by atoms with Crippen molar-refractivity contribution in [3.63, 3.8) is 0 Å². The fourth-order valence-electron chi connectivity index (χ4n) is 10.7. The highest BCUT2D eigenvalue weighted by molar-refractivity contribution is 7.22. The lowest BCUT2D eigenvalue weighted by atomic mass is 9.51. The maximum Gasteiger partial charge on any atom is 0.242 e. The Labute approximate surface area is 364 Å². The van der Waals surface area contributed by atoms with E-state index < -0.39 is 46.8 Å². The van der Waals surface area contributed by atoms with E-state index in [-0.39, 0.29) is 36.2 Å². The fourth-order valence-corrected chi connectivity index (χ4v) is 12.1. The molecular weight excluding hydrogens is 826 g/mol. The molecule has 1 saturated carbocycles. The number of aryl methyl sites for hydroxylation is 2. The minimum atomic E-state index is -1.39. The standard InChI is InChI=1S/C48H38ClN5O7S/c1-23-30-20-25(49)14-19-37(30)62-42(23)34-22-38(52(3)51-34)54-45(57)32-21-31-27(40(48(32,2)47(54)59)29-8-7-11-36(60-4)41(29)55)17-18-28-39(31)46(58)53(44(28)56)26-15-12-24(13-16-26)43-50-33-9-5-6-10-35(33)61-43/h5-17,19-20,22,28,31-32,39-40,55H,18,21H2,1-4H3/t28-,31+,32-,39-,40+,48+/m0/s1. The molecule has 14 heteroatoms. The summed E-state index contributed by atoms with van der Waals surface area (Å²) in [5, 5.41) is 18.2. The number of fused-ring (bicyclic) bond motifs is 6. The Bertz CT molecular complexity index is 3100. The van der Waals surface area contributed by atoms with Crippen LogP contribution in [0.15, 0.2) is 107 Å². The van der Waals surface area contributed by atoms with Gasteiger partial charge in [0.2, 0.25) is 29.5 Å². The molecule has 3 fully saturated rings. The largest absolute Gasteiger partial charge is 0.504 e. The van der Waals surface area contributed by atoms with E-state index in [0.717, 1.165) is 31.6 Å². The third-order valence-corrected chi connectivity index (χ3v) is 15.2. The number of hydrogen-bond acceptors (Lipinski definition) is 10. The number of phenolic OH excluding ortho intramolecular Hbond substituents is 1. The molecule has 1 N–H and O–H groups in total. The van der Waals surface area contributed by atoms with Gasteiger partial charge < -0.3 is 14.3 Å². The van der Waals surface area contributed by atoms with Crippen LogP contribution >= 0.6 is 22.9 Å². The number of halogens is 1. The first-order chi connectivity index (χ1) is 29.9. The predicted molar refractivity (Wildman–Crippen MR) is 235 cm³/mol. The van der Waals surface area contributed by atoms with E-state index in [1.54, 1.807) is 78.5 Å². The molecule has 0 spiro atoms. The van der Waals surface area contributed by atoms with Gasteiger partial charge in [0.15, 0.2) is 17.1 Å². The van der Waals surface area contributed by atoms with E-state index in [1.165, 1.54) is 16.9 Å². The number of thiophene rings is 1. The zero-order valence-electron chi connectivity index (χ0n) is 34.0. The molecule has 4 aromatic carbocycles. The number of allylic oxidation sites excluding steroid dienone is 2. The van der Waals surface area contributed by atoms with E-state index >= 15 is 9.59 Å². The van der Waals surface area contributed by atoms with Crippen molar-refractivity contribution in [3.05, 3.63) is 119 Å². The molecule has 4 aliphatic rings. The number of imide groups is 2. The van der Waals surface area contributed by atoms with Crippen LogP contribution in [0, 0.1) is 36.0 Å². The number of methoxy groups -OCH3 is 1. The van der Waals surface area contributed by atoms with Crippen LogP contribution in [0.4, 0.5) is 11.5 Å². The Morgan fingerprint density at radius 3 is 2.48 bits per heavy atom. The summed E-state index contributed by atoms with van der Waals surface area (Å²) >= 11 is 7.90. The van der Waals surface area contributed by atoms with Gasteiger partial charge in [-0.3, -0.25) is 28.8 Å². The topological polar surface area (TPSA) is 148 Å². The lowest BCUT2D eigenvalue weighted by Crippen LogP contribution is -2.49. The molecule has 0 bridgehead atoms. The molecule has 62 heavy (non-hydrogen) atoms. The number of rotatable bonds is 6. The van der Waals surface area contributed by atoms with Crippen LogP contribution in [0.3, 0.4) is 0 Å². The van der Waals surface area contributed by atoms with Crippen molar-refractivity contribution in [1.29, 1.82) is 0 Å². The summed E-state index contributed by atoms with van der Waals surface area (Å²) < 4.78 is 14.1. The van der Waals surface area contributed by atoms with Gasteiger partial charge in [0, 0.05) is 39.9 Å². The summed E-state index contributed by atoms with van der Waals surface area (Å²) in [7, 11) is 3.16. The summed E-state index contributed by atoms with van der Waals surface area (Å²) in [6.07, 6.45) is 2.36. The van der Waals surface area contributed by atoms with Gasteiger partial charge >= 0.3 is 0 Å². The summed E-state index contributed by atoms with van der Waals surface area (Å²) in [6.45, 7) is 3.79. The number of benzene rings is 4. The van der Waals surface area contributed by atoms with Crippen LogP contribution in [-0.2, 0) is 26.2 Å². The van der Waals surface area contributed by atoms with E-state index in [4.69, 9.17) is 25.9 Å². The molecule has 2 saturated heterocycles. The number of carbonyl (C=O) groups is 4. The van der Waals surface area contributed by atoms with Crippen LogP contribution < -0.4 is 14.5 Å². The summed E-state index contributed by atoms with van der Waals surface area (Å²) in [4.78, 5) is 67.4. The minimum Gasteiger partial charge on any atom is -0.504 e. The van der Waals surface area contributed by atoms with Crippen molar-refractivity contribution in [2.45, 2.75) is 32.6 Å². The molecule has 2 aliphatic heterocycles. The second-order valence-electron chi connectivity index (χ2n) is 16.8. The number of nitrogens with zero attached hydrogens (tertiary/aromatic N) is 5. The van der Waals surface area contributed by atoms with Crippen LogP contribution in [0.2, 0.25) is 5.02 Å². The molecule has 7 aromatic rings. The van der Waals surface area contributed by atoms with Crippen molar-refractivity contribution in [2.75, 3.05) is 16.9 Å². The second kappa shape index (κ2) is 13.7. The summed E-state index contributed by atoms with van der Waals surface area (Å²) in [6, 6.07) is 27.1. The van der Waals surface area contributed by atoms with Gasteiger partial charge in [-0.15, -0.1) is 11.3 Å². The van der Waals surface area contributed by atoms with Crippen molar-refractivity contribution in [3.8, 4) is 33.5 Å². The van der Waals surface area contributed by atoms with Crippen LogP contribution in [0.5, 0.6) is 11.5 Å². The number of hydrogen-bond donors (Lipinski definition) is 1. The quantitative estimate of drug-likeness (QED) is 0.128. The molecule has 6 atom stereocenters. The van der Waals surface area contributed by atoms with Crippen LogP contribution in [0.25, 0.3) is 43.2 Å². The van der Waals surface area contributed by atoms with Gasteiger partial charge in [0.25, 0.3) is 0 Å². The number of ether oxygens (including phenoxy) is 1. The molecule has 3 aromatic heterocycles. The zero-order valence-corrected chi connectivity index (χ0v) is 35.5. The van der Waals surface area contributed by atoms with Crippen molar-refractivity contribution in [2.24, 2.45) is 36.1 Å². The number of aromatic nitrogens is 3. The number of para-hydroxylation sites is 3. The predicted octanol–water partition coefficient (Wildman–Crippen LogP) is 9.22. The van der Waals surface area contributed by atoms with E-state index in [0.29, 0.717) is 44.8 Å². The smallest absolute Gasteiger partial charge is 0.242 e. The number of amides is 4. The number of aromatic hydroxyl groups is 1. The summed E-state index contributed by atoms with van der Waals surface area (Å²) in [5.74, 6) is -4.59. The number of carbonyl (C=O) groups excluding carboxylic acids is 4. The Morgan fingerprint density at radius 2 is 1.71 bits per heavy atom. The minimum absolute atomic E-state index is 0.149. The third-order valence-electron chi connectivity index (χ3n) is 13.7. The second-order valence-corrected chi connectivity index (χ2v) is 18.3. The van der Waals surface area contributed by atoms with Crippen molar-refractivity contribution < 1.29 is 33.4 Å². The van der Waals surface area contributed by atoms with Gasteiger partial charge in [-0.05, 0) is 104 Å². The van der Waals surface area contributed by atoms with Gasteiger partial charge in [-0.2, -0.15) is 5.10 Å². The van der Waals surface area contributed by atoms with Gasteiger partial charge in [0.05, 0.1) is 40.8 Å². The Morgan fingerprint density at radius 1 is 0.919 bits per heavy atom. The maximum atomic E-state index is 15.3. The highest BCUT2D eigenvalue weighted by Gasteiger charge is 2.68. The van der Waals surface area contributed by atoms with Gasteiger partial charge in [0.1, 0.15) is 17.0 Å². The van der Waals surface area contributed by atoms with Crippen LogP contribution in [0.1, 0.15) is 36.8 Å². The normalized spacial score (nSPS) is 24.5. The molecule has 0 radical (unpaired) electrons. The number of oxazole rings is 1. The monoisotopic (exact) mass is 863 g/mol. The molecule has 5 heterocycles. The lowest BCUT2D eigenvalue weighted by molar-refractivity contribution is -0.131. The maximum absolute atomic E-state index is 15.3. The summed E-state index contributed by atoms with van der Waals surface area (Å²) in [5.41, 5.74) is 3.83. The van der Waals surface area contributed by atoms with Gasteiger partial charge in [-0.1, -0.05) is 47.5 Å². The highest BCUT2D eigenvalue weighted by Crippen LogP contribution is 2.65. The van der Waals surface area contributed by atoms with Crippen molar-refractivity contribution in [1.82, 2.24) is 14.8 Å². The van der Waals surface area contributed by atoms with E-state index in [1.807, 2.05) is 55.5 Å². The van der Waals surface area contributed by atoms with E-state index in [9.17, 15) is 14.7 Å². The first kappa shape index (κ1) is 38.4. The molecule has 2 aliphatic carbocycles. The Hall–Kier alpha value is -6.57. The Kier molecular flexibility index (Phi) is 8.49. The zero-order chi connectivity index (χ0) is 42.9. The molecular formula is C48H38ClN5O7S. The average molecular weight is 864 g/mol. The first-order valence-corrected chi connectivity index (χ1v) is 21.6.